The van der Waals surface area contributed by atoms with Crippen LogP contribution in [0.3, 0.4) is 0 Å². The monoisotopic (exact) mass is 266 g/mol. The van der Waals surface area contributed by atoms with E-state index in [1.807, 2.05) is 20.9 Å². The van der Waals surface area contributed by atoms with Crippen molar-refractivity contribution in [3.63, 3.8) is 0 Å². The Morgan fingerprint density at radius 2 is 2.28 bits per heavy atom. The van der Waals surface area contributed by atoms with Gasteiger partial charge in [-0.1, -0.05) is 0 Å². The zero-order valence-corrected chi connectivity index (χ0v) is 11.2. The summed E-state index contributed by atoms with van der Waals surface area (Å²) in [6.07, 6.45) is 0. The summed E-state index contributed by atoms with van der Waals surface area (Å²) in [4.78, 5) is 11.3. The molecule has 96 valence electrons. The fraction of sp³-hybridized carbons (Fsp3) is 0.333. The summed E-state index contributed by atoms with van der Waals surface area (Å²) in [6, 6.07) is 1.77. The van der Waals surface area contributed by atoms with Crippen molar-refractivity contribution in [1.29, 1.82) is 0 Å². The number of hydrogen-bond acceptors (Lipinski definition) is 4. The van der Waals surface area contributed by atoms with Crippen molar-refractivity contribution >= 4 is 17.3 Å². The standard InChI is InChI=1S/C12H14N2O3S/c1-7-10(8(2)14(3)13-7)17-6-9-4-5-18-11(9)12(15)16/h4-5H,6H2,1-3H3,(H,15,16). The number of aromatic carboxylic acids is 1. The minimum atomic E-state index is -0.914. The minimum Gasteiger partial charge on any atom is -0.485 e. The number of ether oxygens (including phenoxy) is 1. The molecule has 0 spiro atoms. The molecule has 1 N–H and O–H groups in total. The van der Waals surface area contributed by atoms with Crippen LogP contribution in [-0.2, 0) is 13.7 Å². The van der Waals surface area contributed by atoms with E-state index in [0.29, 0.717) is 10.4 Å². The molecule has 0 aliphatic heterocycles. The summed E-state index contributed by atoms with van der Waals surface area (Å²) < 4.78 is 7.43. The van der Waals surface area contributed by atoms with Crippen molar-refractivity contribution in [3.05, 3.63) is 33.3 Å². The molecule has 0 bridgehead atoms. The Morgan fingerprint density at radius 1 is 1.56 bits per heavy atom. The van der Waals surface area contributed by atoms with E-state index in [-0.39, 0.29) is 6.61 Å². The van der Waals surface area contributed by atoms with Gasteiger partial charge in [0.2, 0.25) is 0 Å². The van der Waals surface area contributed by atoms with E-state index >= 15 is 0 Å². The predicted molar refractivity (Wildman–Crippen MR) is 68.3 cm³/mol. The lowest BCUT2D eigenvalue weighted by Crippen LogP contribution is -2.02. The van der Waals surface area contributed by atoms with Crippen LogP contribution >= 0.6 is 11.3 Å². The Balaban J connectivity index is 2.16. The number of aromatic nitrogens is 2. The summed E-state index contributed by atoms with van der Waals surface area (Å²) in [5, 5.41) is 15.0. The zero-order chi connectivity index (χ0) is 13.3. The predicted octanol–water partition coefficient (Wildman–Crippen LogP) is 2.38. The lowest BCUT2D eigenvalue weighted by atomic mass is 10.2. The van der Waals surface area contributed by atoms with Crippen molar-refractivity contribution in [2.75, 3.05) is 0 Å². The Hall–Kier alpha value is -1.82. The van der Waals surface area contributed by atoms with Gasteiger partial charge in [-0.25, -0.2) is 4.79 Å². The third kappa shape index (κ3) is 2.24. The highest BCUT2D eigenvalue weighted by atomic mass is 32.1. The molecule has 0 aliphatic carbocycles. The molecule has 2 aromatic heterocycles. The number of nitrogens with zero attached hydrogens (tertiary/aromatic N) is 2. The molecular weight excluding hydrogens is 252 g/mol. The molecule has 0 saturated carbocycles. The normalized spacial score (nSPS) is 10.6. The van der Waals surface area contributed by atoms with Crippen LogP contribution in [0.5, 0.6) is 5.75 Å². The van der Waals surface area contributed by atoms with Crippen LogP contribution in [0.25, 0.3) is 0 Å². The average Bonchev–Trinajstić information content (AvgIpc) is 2.84. The first-order valence-corrected chi connectivity index (χ1v) is 6.31. The third-order valence-electron chi connectivity index (χ3n) is 2.76. The largest absolute Gasteiger partial charge is 0.485 e. The Labute approximate surface area is 109 Å². The molecule has 18 heavy (non-hydrogen) atoms. The van der Waals surface area contributed by atoms with E-state index < -0.39 is 5.97 Å². The third-order valence-corrected chi connectivity index (χ3v) is 3.70. The van der Waals surface area contributed by atoms with Gasteiger partial charge in [0.05, 0.1) is 5.69 Å². The van der Waals surface area contributed by atoms with Crippen LogP contribution in [0.2, 0.25) is 0 Å². The lowest BCUT2D eigenvalue weighted by Gasteiger charge is -2.06. The van der Waals surface area contributed by atoms with Crippen LogP contribution in [0.15, 0.2) is 11.4 Å². The maximum Gasteiger partial charge on any atom is 0.346 e. The van der Waals surface area contributed by atoms with Crippen molar-refractivity contribution in [3.8, 4) is 5.75 Å². The Bertz CT molecular complexity index is 586. The van der Waals surface area contributed by atoms with Crippen molar-refractivity contribution in [2.24, 2.45) is 7.05 Å². The van der Waals surface area contributed by atoms with Gasteiger partial charge in [-0.15, -0.1) is 11.3 Å². The molecule has 6 heteroatoms. The van der Waals surface area contributed by atoms with E-state index in [0.717, 1.165) is 17.1 Å². The quantitative estimate of drug-likeness (QED) is 0.922. The highest BCUT2D eigenvalue weighted by Gasteiger charge is 2.15. The molecule has 0 saturated heterocycles. The van der Waals surface area contributed by atoms with Gasteiger partial charge in [-0.3, -0.25) is 4.68 Å². The van der Waals surface area contributed by atoms with E-state index in [2.05, 4.69) is 5.10 Å². The molecule has 0 unspecified atom stereocenters. The molecule has 2 heterocycles. The molecule has 2 rings (SSSR count). The van der Waals surface area contributed by atoms with Crippen LogP contribution in [0, 0.1) is 13.8 Å². The molecule has 5 nitrogen and oxygen atoms in total. The number of hydrogen-bond donors (Lipinski definition) is 1. The van der Waals surface area contributed by atoms with Crippen LogP contribution in [0.1, 0.15) is 26.6 Å². The van der Waals surface area contributed by atoms with Gasteiger partial charge in [0.1, 0.15) is 17.2 Å². The zero-order valence-electron chi connectivity index (χ0n) is 10.4. The molecule has 0 aliphatic rings. The average molecular weight is 266 g/mol. The smallest absolute Gasteiger partial charge is 0.346 e. The summed E-state index contributed by atoms with van der Waals surface area (Å²) in [7, 11) is 1.85. The second-order valence-corrected chi connectivity index (χ2v) is 4.91. The number of carboxylic acid groups (broad SMARTS) is 1. The van der Waals surface area contributed by atoms with E-state index in [1.165, 1.54) is 11.3 Å². The van der Waals surface area contributed by atoms with Crippen molar-refractivity contribution < 1.29 is 14.6 Å². The minimum absolute atomic E-state index is 0.249. The molecule has 2 aromatic rings. The molecular formula is C12H14N2O3S. The Morgan fingerprint density at radius 3 is 2.83 bits per heavy atom. The number of rotatable bonds is 4. The lowest BCUT2D eigenvalue weighted by molar-refractivity contribution is 0.0699. The van der Waals surface area contributed by atoms with Gasteiger partial charge in [-0.05, 0) is 25.3 Å². The highest BCUT2D eigenvalue weighted by Crippen LogP contribution is 2.24. The van der Waals surface area contributed by atoms with Crippen LogP contribution in [0.4, 0.5) is 0 Å². The number of aryl methyl sites for hydroxylation is 2. The second-order valence-electron chi connectivity index (χ2n) is 3.99. The molecule has 0 aromatic carbocycles. The fourth-order valence-corrected chi connectivity index (χ4v) is 2.50. The van der Waals surface area contributed by atoms with Crippen molar-refractivity contribution in [2.45, 2.75) is 20.5 Å². The van der Waals surface area contributed by atoms with Crippen LogP contribution in [-0.4, -0.2) is 20.9 Å². The summed E-state index contributed by atoms with van der Waals surface area (Å²) >= 11 is 1.21. The number of carbonyl (C=O) groups is 1. The van der Waals surface area contributed by atoms with Gasteiger partial charge in [0, 0.05) is 12.6 Å². The second kappa shape index (κ2) is 4.81. The van der Waals surface area contributed by atoms with Crippen LogP contribution < -0.4 is 4.74 Å². The van der Waals surface area contributed by atoms with Gasteiger partial charge in [0.25, 0.3) is 0 Å². The van der Waals surface area contributed by atoms with Crippen molar-refractivity contribution in [1.82, 2.24) is 9.78 Å². The van der Waals surface area contributed by atoms with Gasteiger partial charge >= 0.3 is 5.97 Å². The maximum absolute atomic E-state index is 11.0. The summed E-state index contributed by atoms with van der Waals surface area (Å²) in [5.74, 6) is -0.191. The Kier molecular flexibility index (Phi) is 3.38. The highest BCUT2D eigenvalue weighted by molar-refractivity contribution is 7.12. The molecule has 0 fully saturated rings. The first-order valence-electron chi connectivity index (χ1n) is 5.43. The van der Waals surface area contributed by atoms with Gasteiger partial charge in [0.15, 0.2) is 5.75 Å². The first kappa shape index (κ1) is 12.6. The van der Waals surface area contributed by atoms with E-state index in [1.54, 1.807) is 16.1 Å². The summed E-state index contributed by atoms with van der Waals surface area (Å²) in [6.45, 7) is 4.04. The maximum atomic E-state index is 11.0. The van der Waals surface area contributed by atoms with Gasteiger partial charge < -0.3 is 9.84 Å². The first-order chi connectivity index (χ1) is 8.50. The summed E-state index contributed by atoms with van der Waals surface area (Å²) in [5.41, 5.74) is 2.43. The molecule has 0 amide bonds. The fourth-order valence-electron chi connectivity index (χ4n) is 1.75. The topological polar surface area (TPSA) is 64.4 Å². The SMILES string of the molecule is Cc1nn(C)c(C)c1OCc1ccsc1C(=O)O. The molecule has 0 atom stereocenters. The van der Waals surface area contributed by atoms with E-state index in [9.17, 15) is 4.79 Å². The van der Waals surface area contributed by atoms with E-state index in [4.69, 9.17) is 9.84 Å². The van der Waals surface area contributed by atoms with Gasteiger partial charge in [-0.2, -0.15) is 5.10 Å². The number of thiophene rings is 1. The molecule has 0 radical (unpaired) electrons. The number of carboxylic acids is 1.